The van der Waals surface area contributed by atoms with Crippen molar-refractivity contribution in [1.82, 2.24) is 0 Å². The molecule has 0 fully saturated rings. The highest BCUT2D eigenvalue weighted by Gasteiger charge is 2.18. The van der Waals surface area contributed by atoms with Crippen LogP contribution in [0, 0.1) is 0 Å². The van der Waals surface area contributed by atoms with Crippen LogP contribution in [-0.4, -0.2) is 5.91 Å². The third-order valence-electron chi connectivity index (χ3n) is 2.97. The average Bonchev–Trinajstić information content (AvgIpc) is 2.71. The first-order chi connectivity index (χ1) is 8.63. The van der Waals surface area contributed by atoms with Crippen LogP contribution in [0.4, 0.5) is 5.69 Å². The smallest absolute Gasteiger partial charge is 0.228 e. The van der Waals surface area contributed by atoms with E-state index in [1.165, 1.54) is 0 Å². The van der Waals surface area contributed by atoms with Crippen LogP contribution < -0.4 is 5.32 Å². The van der Waals surface area contributed by atoms with Crippen molar-refractivity contribution >= 4 is 34.8 Å². The van der Waals surface area contributed by atoms with Gasteiger partial charge in [-0.2, -0.15) is 0 Å². The van der Waals surface area contributed by atoms with Crippen molar-refractivity contribution in [2.75, 3.05) is 5.32 Å². The Morgan fingerprint density at radius 1 is 1.06 bits per heavy atom. The van der Waals surface area contributed by atoms with Crippen LogP contribution in [0.1, 0.15) is 5.56 Å². The summed E-state index contributed by atoms with van der Waals surface area (Å²) >= 11 is 12.2. The maximum absolute atomic E-state index is 11.3. The molecule has 0 bridgehead atoms. The highest BCUT2D eigenvalue weighted by atomic mass is 35.5. The summed E-state index contributed by atoms with van der Waals surface area (Å²) in [5.41, 5.74) is 3.72. The lowest BCUT2D eigenvalue weighted by atomic mass is 10.0. The number of hydrogen-bond acceptors (Lipinski definition) is 1. The van der Waals surface area contributed by atoms with E-state index in [4.69, 9.17) is 23.2 Å². The topological polar surface area (TPSA) is 29.1 Å². The molecule has 1 aliphatic rings. The fraction of sp³-hybridized carbons (Fsp3) is 0.0714. The van der Waals surface area contributed by atoms with E-state index in [0.29, 0.717) is 16.5 Å². The first-order valence-electron chi connectivity index (χ1n) is 5.52. The van der Waals surface area contributed by atoms with E-state index in [1.54, 1.807) is 12.1 Å². The van der Waals surface area contributed by atoms with Crippen molar-refractivity contribution in [3.8, 4) is 11.1 Å². The molecule has 0 saturated heterocycles. The average molecular weight is 278 g/mol. The molecule has 2 aromatic carbocycles. The molecule has 0 saturated carbocycles. The van der Waals surface area contributed by atoms with Gasteiger partial charge < -0.3 is 5.32 Å². The van der Waals surface area contributed by atoms with Gasteiger partial charge in [0.15, 0.2) is 0 Å². The number of anilines is 1. The van der Waals surface area contributed by atoms with Crippen molar-refractivity contribution in [2.24, 2.45) is 0 Å². The van der Waals surface area contributed by atoms with Crippen LogP contribution in [0.3, 0.4) is 0 Å². The van der Waals surface area contributed by atoms with Gasteiger partial charge in [0.1, 0.15) is 0 Å². The van der Waals surface area contributed by atoms with Gasteiger partial charge in [-0.15, -0.1) is 0 Å². The summed E-state index contributed by atoms with van der Waals surface area (Å²) in [6.45, 7) is 0. The highest BCUT2D eigenvalue weighted by molar-refractivity contribution is 6.35. The number of benzene rings is 2. The molecule has 2 nitrogen and oxygen atoms in total. The number of rotatable bonds is 1. The van der Waals surface area contributed by atoms with Gasteiger partial charge >= 0.3 is 0 Å². The summed E-state index contributed by atoms with van der Waals surface area (Å²) in [4.78, 5) is 11.3. The number of carbonyl (C=O) groups is 1. The van der Waals surface area contributed by atoms with Crippen molar-refractivity contribution in [2.45, 2.75) is 6.42 Å². The van der Waals surface area contributed by atoms with Gasteiger partial charge in [0.2, 0.25) is 5.91 Å². The Labute approximate surface area is 115 Å². The Kier molecular flexibility index (Phi) is 2.77. The maximum Gasteiger partial charge on any atom is 0.228 e. The third-order valence-corrected chi connectivity index (χ3v) is 3.53. The maximum atomic E-state index is 11.3. The standard InChI is InChI=1S/C14H9Cl2NO/c15-10-2-3-12(16)11(7-10)8-1-4-13-9(5-8)6-14(18)17-13/h1-5,7H,6H2,(H,17,18). The Bertz CT molecular complexity index is 652. The van der Waals surface area contributed by atoms with Gasteiger partial charge in [0.25, 0.3) is 0 Å². The second-order valence-corrected chi connectivity index (χ2v) is 5.06. The van der Waals surface area contributed by atoms with Crippen molar-refractivity contribution in [3.63, 3.8) is 0 Å². The highest BCUT2D eigenvalue weighted by Crippen LogP contribution is 2.34. The number of amides is 1. The Hall–Kier alpha value is -1.51. The van der Waals surface area contributed by atoms with E-state index in [9.17, 15) is 4.79 Å². The van der Waals surface area contributed by atoms with Gasteiger partial charge in [-0.25, -0.2) is 0 Å². The molecular weight excluding hydrogens is 269 g/mol. The first-order valence-corrected chi connectivity index (χ1v) is 6.27. The van der Waals surface area contributed by atoms with Gasteiger partial charge in [0.05, 0.1) is 6.42 Å². The molecule has 0 atom stereocenters. The van der Waals surface area contributed by atoms with Gasteiger partial charge in [-0.3, -0.25) is 4.79 Å². The fourth-order valence-corrected chi connectivity index (χ4v) is 2.51. The van der Waals surface area contributed by atoms with Crippen LogP contribution >= 0.6 is 23.2 Å². The Balaban J connectivity index is 2.11. The van der Waals surface area contributed by atoms with E-state index in [0.717, 1.165) is 22.4 Å². The molecule has 1 heterocycles. The molecule has 90 valence electrons. The molecule has 2 aromatic rings. The molecule has 0 spiro atoms. The zero-order valence-corrected chi connectivity index (χ0v) is 10.8. The minimum atomic E-state index is 0.0272. The number of hydrogen-bond donors (Lipinski definition) is 1. The monoisotopic (exact) mass is 277 g/mol. The lowest BCUT2D eigenvalue weighted by molar-refractivity contribution is -0.115. The van der Waals surface area contributed by atoms with E-state index in [1.807, 2.05) is 24.3 Å². The van der Waals surface area contributed by atoms with Crippen LogP contribution in [0.2, 0.25) is 10.0 Å². The van der Waals surface area contributed by atoms with Crippen LogP contribution in [0.25, 0.3) is 11.1 Å². The van der Waals surface area contributed by atoms with Gasteiger partial charge in [0, 0.05) is 21.3 Å². The number of nitrogens with one attached hydrogen (secondary N) is 1. The molecule has 0 radical (unpaired) electrons. The summed E-state index contributed by atoms with van der Waals surface area (Å²) in [5, 5.41) is 4.10. The molecular formula is C14H9Cl2NO. The van der Waals surface area contributed by atoms with Crippen LogP contribution in [-0.2, 0) is 11.2 Å². The van der Waals surface area contributed by atoms with Crippen molar-refractivity contribution in [3.05, 3.63) is 52.0 Å². The molecule has 1 amide bonds. The second-order valence-electron chi connectivity index (χ2n) is 4.22. The van der Waals surface area contributed by atoms with Gasteiger partial charge in [-0.05, 0) is 41.5 Å². The number of halogens is 2. The third kappa shape index (κ3) is 1.98. The molecule has 1 N–H and O–H groups in total. The Morgan fingerprint density at radius 3 is 2.72 bits per heavy atom. The zero-order valence-electron chi connectivity index (χ0n) is 9.34. The molecule has 18 heavy (non-hydrogen) atoms. The first kappa shape index (κ1) is 11.6. The van der Waals surface area contributed by atoms with Crippen LogP contribution in [0.15, 0.2) is 36.4 Å². The zero-order chi connectivity index (χ0) is 12.7. The molecule has 0 aromatic heterocycles. The lowest BCUT2D eigenvalue weighted by Gasteiger charge is -2.07. The van der Waals surface area contributed by atoms with Gasteiger partial charge in [-0.1, -0.05) is 29.3 Å². The molecule has 0 unspecified atom stereocenters. The van der Waals surface area contributed by atoms with E-state index >= 15 is 0 Å². The summed E-state index contributed by atoms with van der Waals surface area (Å²) in [6, 6.07) is 11.2. The predicted octanol–water partition coefficient (Wildman–Crippen LogP) is 4.16. The number of fused-ring (bicyclic) bond motifs is 1. The normalized spacial score (nSPS) is 13.3. The Morgan fingerprint density at radius 2 is 1.89 bits per heavy atom. The minimum Gasteiger partial charge on any atom is -0.326 e. The molecule has 3 rings (SSSR count). The fourth-order valence-electron chi connectivity index (χ4n) is 2.12. The summed E-state index contributed by atoms with van der Waals surface area (Å²) < 4.78 is 0. The second kappa shape index (κ2) is 4.30. The predicted molar refractivity (Wildman–Crippen MR) is 74.2 cm³/mol. The van der Waals surface area contributed by atoms with Crippen LogP contribution in [0.5, 0.6) is 0 Å². The minimum absolute atomic E-state index is 0.0272. The molecule has 4 heteroatoms. The summed E-state index contributed by atoms with van der Waals surface area (Å²) in [6.07, 6.45) is 0.418. The SMILES string of the molecule is O=C1Cc2cc(-c3cc(Cl)ccc3Cl)ccc2N1. The van der Waals surface area contributed by atoms with Crippen molar-refractivity contribution < 1.29 is 4.79 Å². The summed E-state index contributed by atoms with van der Waals surface area (Å²) in [7, 11) is 0. The van der Waals surface area contributed by atoms with E-state index < -0.39 is 0 Å². The quantitative estimate of drug-likeness (QED) is 0.834. The van der Waals surface area contributed by atoms with E-state index in [2.05, 4.69) is 5.32 Å². The molecule has 0 aliphatic carbocycles. The largest absolute Gasteiger partial charge is 0.326 e. The lowest BCUT2D eigenvalue weighted by Crippen LogP contribution is -2.03. The van der Waals surface area contributed by atoms with E-state index in [-0.39, 0.29) is 5.91 Å². The molecule has 1 aliphatic heterocycles. The summed E-state index contributed by atoms with van der Waals surface area (Å²) in [5.74, 6) is 0.0272. The van der Waals surface area contributed by atoms with Crippen molar-refractivity contribution in [1.29, 1.82) is 0 Å². The number of carbonyl (C=O) groups excluding carboxylic acids is 1.